The maximum atomic E-state index is 6.07. The van der Waals surface area contributed by atoms with E-state index in [0.29, 0.717) is 36.4 Å². The zero-order valence-corrected chi connectivity index (χ0v) is 11.8. The second-order valence-corrected chi connectivity index (χ2v) is 5.35. The summed E-state index contributed by atoms with van der Waals surface area (Å²) in [5, 5.41) is 0.471. The molecule has 0 spiro atoms. The maximum absolute atomic E-state index is 6.07. The molecule has 0 aromatic carbocycles. The van der Waals surface area contributed by atoms with E-state index in [1.54, 1.807) is 0 Å². The van der Waals surface area contributed by atoms with Crippen LogP contribution in [0.2, 0.25) is 5.15 Å². The summed E-state index contributed by atoms with van der Waals surface area (Å²) >= 11 is 6.07. The number of halogens is 1. The van der Waals surface area contributed by atoms with Gasteiger partial charge in [-0.25, -0.2) is 9.97 Å². The summed E-state index contributed by atoms with van der Waals surface area (Å²) in [7, 11) is 0. The van der Waals surface area contributed by atoms with E-state index in [9.17, 15) is 0 Å². The van der Waals surface area contributed by atoms with Crippen molar-refractivity contribution < 1.29 is 9.47 Å². The van der Waals surface area contributed by atoms with Gasteiger partial charge in [-0.3, -0.25) is 0 Å². The van der Waals surface area contributed by atoms with E-state index in [2.05, 4.69) is 14.9 Å². The van der Waals surface area contributed by atoms with E-state index in [-0.39, 0.29) is 0 Å². The number of aromatic nitrogens is 2. The molecule has 2 saturated heterocycles. The molecular weight excluding hydrogens is 266 g/mol. The fourth-order valence-electron chi connectivity index (χ4n) is 2.67. The summed E-state index contributed by atoms with van der Waals surface area (Å²) in [5.41, 5.74) is 0. The van der Waals surface area contributed by atoms with Gasteiger partial charge in [0.05, 0.1) is 12.2 Å². The summed E-state index contributed by atoms with van der Waals surface area (Å²) in [4.78, 5) is 11.0. The molecule has 0 radical (unpaired) electrons. The van der Waals surface area contributed by atoms with Crippen molar-refractivity contribution in [2.45, 2.75) is 38.6 Å². The Labute approximate surface area is 117 Å². The molecule has 0 amide bonds. The van der Waals surface area contributed by atoms with Gasteiger partial charge < -0.3 is 14.4 Å². The molecule has 2 aliphatic rings. The lowest BCUT2D eigenvalue weighted by Crippen LogP contribution is -2.43. The van der Waals surface area contributed by atoms with Crippen molar-refractivity contribution in [1.82, 2.24) is 9.97 Å². The van der Waals surface area contributed by atoms with Gasteiger partial charge in [-0.1, -0.05) is 11.6 Å². The highest BCUT2D eigenvalue weighted by Crippen LogP contribution is 2.29. The molecule has 19 heavy (non-hydrogen) atoms. The largest absolute Gasteiger partial charge is 0.374 e. The van der Waals surface area contributed by atoms with Crippen LogP contribution < -0.4 is 4.90 Å². The molecule has 2 atom stereocenters. The summed E-state index contributed by atoms with van der Waals surface area (Å²) in [6, 6.07) is 1.82. The lowest BCUT2D eigenvalue weighted by molar-refractivity contribution is 0.0301. The van der Waals surface area contributed by atoms with Gasteiger partial charge in [0.2, 0.25) is 0 Å². The smallest absolute Gasteiger partial charge is 0.158 e. The third-order valence-electron chi connectivity index (χ3n) is 3.53. The Morgan fingerprint density at radius 2 is 2.11 bits per heavy atom. The van der Waals surface area contributed by atoms with Crippen molar-refractivity contribution in [3.63, 3.8) is 0 Å². The molecule has 6 heteroatoms. The van der Waals surface area contributed by atoms with E-state index in [4.69, 9.17) is 21.1 Å². The van der Waals surface area contributed by atoms with Crippen LogP contribution in [-0.2, 0) is 16.1 Å². The number of morpholine rings is 1. The lowest BCUT2D eigenvalue weighted by Gasteiger charge is -2.33. The number of nitrogens with zero attached hydrogens (tertiary/aromatic N) is 3. The van der Waals surface area contributed by atoms with Crippen LogP contribution >= 0.6 is 11.6 Å². The normalized spacial score (nSPS) is 25.9. The zero-order valence-electron chi connectivity index (χ0n) is 11.0. The van der Waals surface area contributed by atoms with Crippen molar-refractivity contribution in [3.8, 4) is 0 Å². The van der Waals surface area contributed by atoms with Gasteiger partial charge in [0.1, 0.15) is 17.6 Å². The Hall–Kier alpha value is -0.910. The highest BCUT2D eigenvalue weighted by Gasteiger charge is 2.34. The summed E-state index contributed by atoms with van der Waals surface area (Å²) in [6.45, 7) is 4.77. The van der Waals surface area contributed by atoms with Gasteiger partial charge in [-0.15, -0.1) is 0 Å². The second kappa shape index (κ2) is 5.61. The molecule has 2 aliphatic heterocycles. The van der Waals surface area contributed by atoms with Crippen LogP contribution in [-0.4, -0.2) is 41.9 Å². The number of anilines is 1. The SMILES string of the molecule is CCOCc1nc(Cl)cc(N2CC3CCC(C2)O3)n1. The van der Waals surface area contributed by atoms with Gasteiger partial charge in [-0.05, 0) is 19.8 Å². The first-order chi connectivity index (χ1) is 9.24. The molecule has 0 N–H and O–H groups in total. The lowest BCUT2D eigenvalue weighted by atomic mass is 10.2. The molecule has 1 aromatic heterocycles. The van der Waals surface area contributed by atoms with Crippen LogP contribution in [0.1, 0.15) is 25.6 Å². The first-order valence-corrected chi connectivity index (χ1v) is 7.14. The molecule has 1 aromatic rings. The highest BCUT2D eigenvalue weighted by atomic mass is 35.5. The second-order valence-electron chi connectivity index (χ2n) is 4.96. The predicted molar refractivity (Wildman–Crippen MR) is 72.5 cm³/mol. The Kier molecular flexibility index (Phi) is 3.86. The zero-order chi connectivity index (χ0) is 13.2. The van der Waals surface area contributed by atoms with E-state index < -0.39 is 0 Å². The van der Waals surface area contributed by atoms with Gasteiger partial charge in [0.15, 0.2) is 5.82 Å². The third kappa shape index (κ3) is 2.99. The van der Waals surface area contributed by atoms with E-state index in [1.807, 2.05) is 13.0 Å². The van der Waals surface area contributed by atoms with Crippen molar-refractivity contribution in [2.24, 2.45) is 0 Å². The van der Waals surface area contributed by atoms with Gasteiger partial charge in [-0.2, -0.15) is 0 Å². The molecule has 3 heterocycles. The number of hydrogen-bond acceptors (Lipinski definition) is 5. The van der Waals surface area contributed by atoms with Crippen LogP contribution in [0.4, 0.5) is 5.82 Å². The van der Waals surface area contributed by atoms with Crippen LogP contribution in [0.15, 0.2) is 6.07 Å². The van der Waals surface area contributed by atoms with E-state index in [0.717, 1.165) is 31.7 Å². The van der Waals surface area contributed by atoms with E-state index >= 15 is 0 Å². The standard InChI is InChI=1S/C13H18ClN3O2/c1-2-18-8-12-15-11(14)5-13(16-12)17-6-9-3-4-10(7-17)19-9/h5,9-10H,2-4,6-8H2,1H3. The highest BCUT2D eigenvalue weighted by molar-refractivity contribution is 6.29. The van der Waals surface area contributed by atoms with Gasteiger partial charge in [0.25, 0.3) is 0 Å². The van der Waals surface area contributed by atoms with Crippen molar-refractivity contribution in [2.75, 3.05) is 24.6 Å². The molecule has 2 fully saturated rings. The minimum absolute atomic E-state index is 0.336. The Balaban J connectivity index is 1.77. The fraction of sp³-hybridized carbons (Fsp3) is 0.692. The number of ether oxygens (including phenoxy) is 2. The van der Waals surface area contributed by atoms with Crippen molar-refractivity contribution in [1.29, 1.82) is 0 Å². The summed E-state index contributed by atoms with van der Waals surface area (Å²) < 4.78 is 11.2. The predicted octanol–water partition coefficient (Wildman–Crippen LogP) is 2.03. The van der Waals surface area contributed by atoms with Crippen LogP contribution in [0.25, 0.3) is 0 Å². The summed E-state index contributed by atoms with van der Waals surface area (Å²) in [6.07, 6.45) is 2.96. The minimum Gasteiger partial charge on any atom is -0.374 e. The first-order valence-electron chi connectivity index (χ1n) is 6.76. The molecule has 3 rings (SSSR count). The minimum atomic E-state index is 0.336. The average Bonchev–Trinajstić information content (AvgIpc) is 2.74. The van der Waals surface area contributed by atoms with Crippen molar-refractivity contribution >= 4 is 17.4 Å². The average molecular weight is 284 g/mol. The van der Waals surface area contributed by atoms with Crippen molar-refractivity contribution in [3.05, 3.63) is 17.0 Å². The van der Waals surface area contributed by atoms with E-state index in [1.165, 1.54) is 0 Å². The Bertz CT molecular complexity index is 446. The third-order valence-corrected chi connectivity index (χ3v) is 3.72. The fourth-order valence-corrected chi connectivity index (χ4v) is 2.87. The molecule has 104 valence electrons. The summed E-state index contributed by atoms with van der Waals surface area (Å²) in [5.74, 6) is 1.53. The number of fused-ring (bicyclic) bond motifs is 2. The van der Waals surface area contributed by atoms with Gasteiger partial charge in [0, 0.05) is 25.8 Å². The van der Waals surface area contributed by atoms with Crippen LogP contribution in [0, 0.1) is 0 Å². The van der Waals surface area contributed by atoms with Crippen LogP contribution in [0.5, 0.6) is 0 Å². The molecule has 2 unspecified atom stereocenters. The topological polar surface area (TPSA) is 47.5 Å². The number of hydrogen-bond donors (Lipinski definition) is 0. The Morgan fingerprint density at radius 1 is 1.37 bits per heavy atom. The molecule has 5 nitrogen and oxygen atoms in total. The molecule has 2 bridgehead atoms. The Morgan fingerprint density at radius 3 is 2.79 bits per heavy atom. The van der Waals surface area contributed by atoms with Crippen LogP contribution in [0.3, 0.4) is 0 Å². The first kappa shape index (κ1) is 13.1. The quantitative estimate of drug-likeness (QED) is 0.792. The molecular formula is C13H18ClN3O2. The van der Waals surface area contributed by atoms with Gasteiger partial charge >= 0.3 is 0 Å². The number of rotatable bonds is 4. The molecule has 0 saturated carbocycles. The molecule has 0 aliphatic carbocycles. The maximum Gasteiger partial charge on any atom is 0.158 e. The monoisotopic (exact) mass is 283 g/mol.